The van der Waals surface area contributed by atoms with Crippen molar-refractivity contribution in [1.29, 1.82) is 0 Å². The van der Waals surface area contributed by atoms with Gasteiger partial charge in [-0.2, -0.15) is 0 Å². The Kier molecular flexibility index (Phi) is 5.09. The van der Waals surface area contributed by atoms with Gasteiger partial charge in [-0.25, -0.2) is 0 Å². The van der Waals surface area contributed by atoms with Gasteiger partial charge in [-0.1, -0.05) is 23.7 Å². The Morgan fingerprint density at radius 2 is 1.82 bits per heavy atom. The number of halogens is 1. The summed E-state index contributed by atoms with van der Waals surface area (Å²) < 4.78 is 5.64. The van der Waals surface area contributed by atoms with E-state index < -0.39 is 0 Å². The van der Waals surface area contributed by atoms with Crippen LogP contribution in [0.25, 0.3) is 0 Å². The van der Waals surface area contributed by atoms with Crippen LogP contribution in [0.3, 0.4) is 0 Å². The Balaban J connectivity index is 2.01. The molecule has 0 heterocycles. The summed E-state index contributed by atoms with van der Waals surface area (Å²) in [5.74, 6) is 0.506. The number of hydrogen-bond donors (Lipinski definition) is 1. The first-order valence-electron chi connectivity index (χ1n) is 7.13. The molecule has 0 bridgehead atoms. The number of carbonyl (C=O) groups excluding carboxylic acids is 1. The number of aryl methyl sites for hydroxylation is 3. The minimum atomic E-state index is -0.232. The maximum absolute atomic E-state index is 12.0. The largest absolute Gasteiger partial charge is 0.483 e. The van der Waals surface area contributed by atoms with Gasteiger partial charge in [-0.05, 0) is 68.1 Å². The maximum Gasteiger partial charge on any atom is 0.262 e. The number of nitrogens with one attached hydrogen (secondary N) is 1. The zero-order valence-corrected chi connectivity index (χ0v) is 14.0. The lowest BCUT2D eigenvalue weighted by molar-refractivity contribution is -0.118. The highest BCUT2D eigenvalue weighted by molar-refractivity contribution is 6.33. The Hall–Kier alpha value is -2.00. The lowest BCUT2D eigenvalue weighted by Gasteiger charge is -2.13. The number of rotatable bonds is 4. The second-order valence-corrected chi connectivity index (χ2v) is 5.93. The van der Waals surface area contributed by atoms with E-state index in [2.05, 4.69) is 11.4 Å². The van der Waals surface area contributed by atoms with Crippen LogP contribution < -0.4 is 10.1 Å². The summed E-state index contributed by atoms with van der Waals surface area (Å²) >= 11 is 6.10. The topological polar surface area (TPSA) is 38.3 Å². The molecule has 4 heteroatoms. The Morgan fingerprint density at radius 3 is 2.50 bits per heavy atom. The predicted octanol–water partition coefficient (Wildman–Crippen LogP) is 4.59. The standard InChI is InChI=1S/C18H20ClNO2/c1-11-5-6-16(15(19)8-11)20-18(21)10-22-17-9-12(2)7-13(3)14(17)4/h5-9H,10H2,1-4H3,(H,20,21). The lowest BCUT2D eigenvalue weighted by atomic mass is 10.1. The van der Waals surface area contributed by atoms with Gasteiger partial charge < -0.3 is 10.1 Å². The highest BCUT2D eigenvalue weighted by atomic mass is 35.5. The first kappa shape index (κ1) is 16.4. The van der Waals surface area contributed by atoms with Crippen LogP contribution in [0.2, 0.25) is 5.02 Å². The van der Waals surface area contributed by atoms with E-state index in [0.717, 1.165) is 28.0 Å². The molecule has 0 aliphatic carbocycles. The Morgan fingerprint density at radius 1 is 1.09 bits per heavy atom. The third-order valence-electron chi connectivity index (χ3n) is 3.52. The molecule has 0 unspecified atom stereocenters. The van der Waals surface area contributed by atoms with E-state index in [1.165, 1.54) is 0 Å². The third-order valence-corrected chi connectivity index (χ3v) is 3.83. The molecular weight excluding hydrogens is 298 g/mol. The van der Waals surface area contributed by atoms with Crippen molar-refractivity contribution in [3.8, 4) is 5.75 Å². The van der Waals surface area contributed by atoms with Crippen LogP contribution in [0.4, 0.5) is 5.69 Å². The van der Waals surface area contributed by atoms with Crippen molar-refractivity contribution in [3.63, 3.8) is 0 Å². The van der Waals surface area contributed by atoms with Crippen molar-refractivity contribution in [3.05, 3.63) is 57.6 Å². The van der Waals surface area contributed by atoms with E-state index in [1.54, 1.807) is 6.07 Å². The normalized spacial score (nSPS) is 10.4. The molecular formula is C18H20ClNO2. The third kappa shape index (κ3) is 4.01. The Labute approximate surface area is 136 Å². The van der Waals surface area contributed by atoms with E-state index in [0.29, 0.717) is 10.7 Å². The molecule has 1 amide bonds. The van der Waals surface area contributed by atoms with E-state index in [-0.39, 0.29) is 12.5 Å². The molecule has 0 atom stereocenters. The summed E-state index contributed by atoms with van der Waals surface area (Å²) in [4.78, 5) is 12.0. The molecule has 116 valence electrons. The highest BCUT2D eigenvalue weighted by Crippen LogP contribution is 2.24. The molecule has 0 aliphatic rings. The molecule has 0 aromatic heterocycles. The predicted molar refractivity (Wildman–Crippen MR) is 91.0 cm³/mol. The first-order valence-corrected chi connectivity index (χ1v) is 7.51. The van der Waals surface area contributed by atoms with Crippen molar-refractivity contribution in [1.82, 2.24) is 0 Å². The van der Waals surface area contributed by atoms with Crippen LogP contribution in [-0.2, 0) is 4.79 Å². The lowest BCUT2D eigenvalue weighted by Crippen LogP contribution is -2.20. The van der Waals surface area contributed by atoms with Crippen LogP contribution in [0, 0.1) is 27.7 Å². The molecule has 3 nitrogen and oxygen atoms in total. The quantitative estimate of drug-likeness (QED) is 0.895. The monoisotopic (exact) mass is 317 g/mol. The zero-order chi connectivity index (χ0) is 16.3. The van der Waals surface area contributed by atoms with E-state index in [1.807, 2.05) is 45.9 Å². The van der Waals surface area contributed by atoms with E-state index in [4.69, 9.17) is 16.3 Å². The van der Waals surface area contributed by atoms with Crippen molar-refractivity contribution in [2.45, 2.75) is 27.7 Å². The summed E-state index contributed by atoms with van der Waals surface area (Å²) in [6.07, 6.45) is 0. The van der Waals surface area contributed by atoms with Crippen LogP contribution in [0.5, 0.6) is 5.75 Å². The van der Waals surface area contributed by atoms with E-state index >= 15 is 0 Å². The fourth-order valence-electron chi connectivity index (χ4n) is 2.20. The van der Waals surface area contributed by atoms with Gasteiger partial charge in [-0.3, -0.25) is 4.79 Å². The van der Waals surface area contributed by atoms with Gasteiger partial charge >= 0.3 is 0 Å². The summed E-state index contributed by atoms with van der Waals surface area (Å²) in [6.45, 7) is 7.92. The molecule has 1 N–H and O–H groups in total. The molecule has 0 saturated heterocycles. The summed E-state index contributed by atoms with van der Waals surface area (Å²) in [6, 6.07) is 9.53. The maximum atomic E-state index is 12.0. The number of carbonyl (C=O) groups is 1. The number of anilines is 1. The van der Waals surface area contributed by atoms with Gasteiger partial charge in [0.1, 0.15) is 5.75 Å². The van der Waals surface area contributed by atoms with Crippen molar-refractivity contribution >= 4 is 23.2 Å². The van der Waals surface area contributed by atoms with Gasteiger partial charge in [0, 0.05) is 0 Å². The molecule has 0 radical (unpaired) electrons. The molecule has 0 spiro atoms. The van der Waals surface area contributed by atoms with Crippen LogP contribution >= 0.6 is 11.6 Å². The minimum Gasteiger partial charge on any atom is -0.483 e. The average molecular weight is 318 g/mol. The smallest absolute Gasteiger partial charge is 0.262 e. The number of amides is 1. The first-order chi connectivity index (χ1) is 10.4. The number of hydrogen-bond acceptors (Lipinski definition) is 2. The molecule has 0 fully saturated rings. The van der Waals surface area contributed by atoms with Crippen LogP contribution in [-0.4, -0.2) is 12.5 Å². The fraction of sp³-hybridized carbons (Fsp3) is 0.278. The van der Waals surface area contributed by atoms with Crippen molar-refractivity contribution < 1.29 is 9.53 Å². The molecule has 2 rings (SSSR count). The van der Waals surface area contributed by atoms with Crippen molar-refractivity contribution in [2.75, 3.05) is 11.9 Å². The summed E-state index contributed by atoms with van der Waals surface area (Å²) in [5.41, 5.74) is 4.95. The van der Waals surface area contributed by atoms with Crippen LogP contribution in [0.1, 0.15) is 22.3 Å². The second kappa shape index (κ2) is 6.84. The molecule has 2 aromatic carbocycles. The number of ether oxygens (including phenoxy) is 1. The van der Waals surface area contributed by atoms with Gasteiger partial charge in [0.05, 0.1) is 10.7 Å². The van der Waals surface area contributed by atoms with Gasteiger partial charge in [0.2, 0.25) is 0 Å². The SMILES string of the molecule is Cc1ccc(NC(=O)COc2cc(C)cc(C)c2C)c(Cl)c1. The highest BCUT2D eigenvalue weighted by Gasteiger charge is 2.09. The minimum absolute atomic E-state index is 0.0477. The van der Waals surface area contributed by atoms with Gasteiger partial charge in [0.25, 0.3) is 5.91 Å². The molecule has 0 aliphatic heterocycles. The number of benzene rings is 2. The molecule has 0 saturated carbocycles. The average Bonchev–Trinajstić information content (AvgIpc) is 2.44. The van der Waals surface area contributed by atoms with Gasteiger partial charge in [0.15, 0.2) is 6.61 Å². The molecule has 2 aromatic rings. The van der Waals surface area contributed by atoms with Crippen LogP contribution in [0.15, 0.2) is 30.3 Å². The zero-order valence-electron chi connectivity index (χ0n) is 13.3. The van der Waals surface area contributed by atoms with Crippen molar-refractivity contribution in [2.24, 2.45) is 0 Å². The fourth-order valence-corrected chi connectivity index (χ4v) is 2.48. The molecule has 22 heavy (non-hydrogen) atoms. The summed E-state index contributed by atoms with van der Waals surface area (Å²) in [5, 5.41) is 3.28. The van der Waals surface area contributed by atoms with Gasteiger partial charge in [-0.15, -0.1) is 0 Å². The second-order valence-electron chi connectivity index (χ2n) is 5.53. The van der Waals surface area contributed by atoms with E-state index in [9.17, 15) is 4.79 Å². The summed E-state index contributed by atoms with van der Waals surface area (Å²) in [7, 11) is 0. The Bertz CT molecular complexity index is 710.